The van der Waals surface area contributed by atoms with E-state index < -0.39 is 0 Å². The van der Waals surface area contributed by atoms with E-state index in [0.717, 1.165) is 42.1 Å². The molecule has 0 radical (unpaired) electrons. The van der Waals surface area contributed by atoms with Gasteiger partial charge in [-0.3, -0.25) is 14.8 Å². The second kappa shape index (κ2) is 6.02. The number of aromatic nitrogens is 5. The van der Waals surface area contributed by atoms with Crippen molar-refractivity contribution in [3.63, 3.8) is 0 Å². The lowest BCUT2D eigenvalue weighted by atomic mass is 10.2. The molecule has 1 fully saturated rings. The molecular formula is C19H19FN6O. The molecule has 0 saturated carbocycles. The molecule has 1 aliphatic heterocycles. The molecule has 0 aliphatic carbocycles. The molecule has 1 saturated heterocycles. The quantitative estimate of drug-likeness (QED) is 0.584. The normalized spacial score (nSPS) is 18.1. The van der Waals surface area contributed by atoms with Gasteiger partial charge in [0.2, 0.25) is 0 Å². The molecule has 138 valence electrons. The van der Waals surface area contributed by atoms with Crippen LogP contribution >= 0.6 is 0 Å². The summed E-state index contributed by atoms with van der Waals surface area (Å²) in [5.74, 6) is 0.559. The highest BCUT2D eigenvalue weighted by Crippen LogP contribution is 2.32. The molecule has 0 spiro atoms. The van der Waals surface area contributed by atoms with Gasteiger partial charge in [-0.15, -0.1) is 0 Å². The summed E-state index contributed by atoms with van der Waals surface area (Å²) in [6, 6.07) is 8.12. The summed E-state index contributed by atoms with van der Waals surface area (Å²) in [6.45, 7) is 3.38. The second-order valence-electron chi connectivity index (χ2n) is 7.13. The molecule has 0 bridgehead atoms. The largest absolute Gasteiger partial charge is 0.341 e. The number of nitrogens with one attached hydrogen (secondary N) is 2. The number of aromatic amines is 2. The Kier molecular flexibility index (Phi) is 3.61. The fourth-order valence-electron chi connectivity index (χ4n) is 3.93. The third kappa shape index (κ3) is 2.82. The van der Waals surface area contributed by atoms with Crippen LogP contribution in [0.1, 0.15) is 36.1 Å². The van der Waals surface area contributed by atoms with Crippen molar-refractivity contribution in [3.05, 3.63) is 63.7 Å². The van der Waals surface area contributed by atoms with Gasteiger partial charge in [-0.25, -0.2) is 18.9 Å². The van der Waals surface area contributed by atoms with Crippen molar-refractivity contribution in [2.75, 3.05) is 6.54 Å². The van der Waals surface area contributed by atoms with E-state index in [0.29, 0.717) is 17.7 Å². The predicted octanol–water partition coefficient (Wildman–Crippen LogP) is 2.68. The first kappa shape index (κ1) is 16.2. The average Bonchev–Trinajstić information content (AvgIpc) is 3.32. The van der Waals surface area contributed by atoms with Crippen molar-refractivity contribution in [2.45, 2.75) is 32.4 Å². The van der Waals surface area contributed by atoms with Gasteiger partial charge >= 0.3 is 0 Å². The lowest BCUT2D eigenvalue weighted by molar-refractivity contribution is 0.238. The predicted molar refractivity (Wildman–Crippen MR) is 99.0 cm³/mol. The van der Waals surface area contributed by atoms with Gasteiger partial charge in [0.1, 0.15) is 11.6 Å². The van der Waals surface area contributed by atoms with Crippen LogP contribution < -0.4 is 5.56 Å². The van der Waals surface area contributed by atoms with E-state index in [1.807, 2.05) is 13.0 Å². The minimum Gasteiger partial charge on any atom is -0.341 e. The molecule has 2 N–H and O–H groups in total. The number of nitrogens with zero attached hydrogens (tertiary/aromatic N) is 4. The minimum absolute atomic E-state index is 0.105. The van der Waals surface area contributed by atoms with Crippen LogP contribution in [0.15, 0.2) is 35.1 Å². The summed E-state index contributed by atoms with van der Waals surface area (Å²) < 4.78 is 14.9. The highest BCUT2D eigenvalue weighted by molar-refractivity contribution is 5.75. The zero-order valence-corrected chi connectivity index (χ0v) is 14.9. The number of H-pyrrole nitrogens is 2. The van der Waals surface area contributed by atoms with Crippen molar-refractivity contribution in [1.82, 2.24) is 29.5 Å². The van der Waals surface area contributed by atoms with Crippen LogP contribution in [0.3, 0.4) is 0 Å². The molecule has 0 amide bonds. The molecule has 5 rings (SSSR count). The molecule has 8 heteroatoms. The third-order valence-corrected chi connectivity index (χ3v) is 5.14. The molecule has 1 atom stereocenters. The van der Waals surface area contributed by atoms with Gasteiger partial charge in [0.05, 0.1) is 22.8 Å². The summed E-state index contributed by atoms with van der Waals surface area (Å²) in [6.07, 6.45) is 2.01. The maximum Gasteiger partial charge on any atom is 0.272 e. The van der Waals surface area contributed by atoms with Crippen molar-refractivity contribution >= 4 is 16.7 Å². The zero-order valence-electron chi connectivity index (χ0n) is 14.9. The van der Waals surface area contributed by atoms with E-state index >= 15 is 0 Å². The summed E-state index contributed by atoms with van der Waals surface area (Å²) in [7, 11) is 0. The van der Waals surface area contributed by atoms with Crippen molar-refractivity contribution in [3.8, 4) is 0 Å². The molecule has 1 aromatic carbocycles. The minimum atomic E-state index is -0.277. The van der Waals surface area contributed by atoms with E-state index in [2.05, 4.69) is 25.0 Å². The Labute approximate surface area is 153 Å². The number of fused-ring (bicyclic) bond motifs is 2. The topological polar surface area (TPSA) is 82.1 Å². The van der Waals surface area contributed by atoms with Crippen LogP contribution in [-0.2, 0) is 6.54 Å². The number of aryl methyl sites for hydroxylation is 1. The number of likely N-dealkylation sites (tertiary alicyclic amines) is 1. The number of rotatable bonds is 3. The third-order valence-electron chi connectivity index (χ3n) is 5.14. The van der Waals surface area contributed by atoms with Gasteiger partial charge in [0.15, 0.2) is 5.65 Å². The smallest absolute Gasteiger partial charge is 0.272 e. The van der Waals surface area contributed by atoms with Gasteiger partial charge in [-0.2, -0.15) is 0 Å². The van der Waals surface area contributed by atoms with Gasteiger partial charge in [-0.1, -0.05) is 0 Å². The fraction of sp³-hybridized carbons (Fsp3) is 0.316. The number of imidazole rings is 1. The first-order valence-corrected chi connectivity index (χ1v) is 9.04. The number of hydrogen-bond donors (Lipinski definition) is 2. The molecule has 7 nitrogen and oxygen atoms in total. The van der Waals surface area contributed by atoms with Gasteiger partial charge in [-0.05, 0) is 44.5 Å². The Morgan fingerprint density at radius 2 is 2.15 bits per heavy atom. The summed E-state index contributed by atoms with van der Waals surface area (Å²) in [5, 5.41) is 2.98. The van der Waals surface area contributed by atoms with E-state index in [4.69, 9.17) is 0 Å². The molecule has 27 heavy (non-hydrogen) atoms. The number of benzene rings is 1. The lowest BCUT2D eigenvalue weighted by Crippen LogP contribution is -2.26. The van der Waals surface area contributed by atoms with E-state index in [-0.39, 0.29) is 17.4 Å². The maximum atomic E-state index is 13.5. The highest BCUT2D eigenvalue weighted by Gasteiger charge is 2.29. The Hall–Kier alpha value is -3.00. The SMILES string of the molecule is Cc1cc2nc(CN3CCC[C@@H]3c3nc4ccc(F)cc4[nH]3)cc(=O)n2[nH]1. The van der Waals surface area contributed by atoms with E-state index in [9.17, 15) is 9.18 Å². The Morgan fingerprint density at radius 3 is 3.04 bits per heavy atom. The number of halogens is 1. The standard InChI is InChI=1S/C19H19FN6O/c1-11-7-17-21-13(9-18(27)26(17)24-11)10-25-6-2-3-16(25)19-22-14-5-4-12(20)8-15(14)23-19/h4-5,7-9,16,24H,2-3,6,10H2,1H3,(H,22,23)/t16-/m1/s1. The maximum absolute atomic E-state index is 13.5. The van der Waals surface area contributed by atoms with Crippen LogP contribution in [0.25, 0.3) is 16.7 Å². The Morgan fingerprint density at radius 1 is 1.26 bits per heavy atom. The van der Waals surface area contributed by atoms with Gasteiger partial charge < -0.3 is 4.98 Å². The van der Waals surface area contributed by atoms with Crippen molar-refractivity contribution in [2.24, 2.45) is 0 Å². The number of hydrogen-bond acceptors (Lipinski definition) is 4. The molecule has 4 aromatic rings. The first-order valence-electron chi connectivity index (χ1n) is 9.04. The molecule has 3 aromatic heterocycles. The summed E-state index contributed by atoms with van der Waals surface area (Å²) in [5.41, 5.74) is 3.62. The zero-order chi connectivity index (χ0) is 18.5. The van der Waals surface area contributed by atoms with Crippen LogP contribution in [0.5, 0.6) is 0 Å². The molecular weight excluding hydrogens is 347 g/mol. The van der Waals surface area contributed by atoms with Crippen LogP contribution in [0.2, 0.25) is 0 Å². The van der Waals surface area contributed by atoms with Crippen molar-refractivity contribution < 1.29 is 4.39 Å². The summed E-state index contributed by atoms with van der Waals surface area (Å²) in [4.78, 5) is 27.1. The lowest BCUT2D eigenvalue weighted by Gasteiger charge is -2.22. The monoisotopic (exact) mass is 366 g/mol. The van der Waals surface area contributed by atoms with Crippen molar-refractivity contribution in [1.29, 1.82) is 0 Å². The molecule has 0 unspecified atom stereocenters. The fourth-order valence-corrected chi connectivity index (χ4v) is 3.93. The van der Waals surface area contributed by atoms with E-state index in [1.165, 1.54) is 16.6 Å². The second-order valence-corrected chi connectivity index (χ2v) is 7.13. The summed E-state index contributed by atoms with van der Waals surface area (Å²) >= 11 is 0. The highest BCUT2D eigenvalue weighted by atomic mass is 19.1. The average molecular weight is 366 g/mol. The van der Waals surface area contributed by atoms with Crippen LogP contribution in [-0.4, -0.2) is 36.0 Å². The first-order chi connectivity index (χ1) is 13.1. The van der Waals surface area contributed by atoms with Gasteiger partial charge in [0.25, 0.3) is 5.56 Å². The van der Waals surface area contributed by atoms with Crippen LogP contribution in [0.4, 0.5) is 4.39 Å². The van der Waals surface area contributed by atoms with E-state index in [1.54, 1.807) is 12.1 Å². The van der Waals surface area contributed by atoms with Crippen LogP contribution in [0, 0.1) is 12.7 Å². The Bertz CT molecular complexity index is 1210. The van der Waals surface area contributed by atoms with Gasteiger partial charge in [0, 0.05) is 24.4 Å². The Balaban J connectivity index is 1.46. The molecule has 4 heterocycles. The molecule has 1 aliphatic rings.